The van der Waals surface area contributed by atoms with Gasteiger partial charge in [0.25, 0.3) is 0 Å². The molecule has 0 spiro atoms. The van der Waals surface area contributed by atoms with Gasteiger partial charge in [-0.15, -0.1) is 0 Å². The van der Waals surface area contributed by atoms with Gasteiger partial charge in [-0.25, -0.2) is 0 Å². The number of unbranched alkanes of at least 4 members (excludes halogenated alkanes) is 5. The molecule has 0 rings (SSSR count). The number of nitrogens with one attached hydrogen (secondary N) is 3. The van der Waals surface area contributed by atoms with Crippen LogP contribution in [0.15, 0.2) is 10.2 Å². The Balaban J connectivity index is 4.28. The smallest absolute Gasteiger partial charge is 0.183 e. The van der Waals surface area contributed by atoms with Crippen LogP contribution in [0.25, 0.3) is 0 Å². The summed E-state index contributed by atoms with van der Waals surface area (Å²) < 4.78 is 0. The molecule has 0 bridgehead atoms. The van der Waals surface area contributed by atoms with Crippen LogP contribution in [-0.4, -0.2) is 22.1 Å². The van der Waals surface area contributed by atoms with Gasteiger partial charge in [-0.3, -0.25) is 5.43 Å². The SMILES string of the molecule is CCCCCCCCS(=S)NNC(=S)NC(CC)(CC)N=NC(C)(C)C. The number of nitrogens with zero attached hydrogens (tertiary/aromatic N) is 2. The van der Waals surface area contributed by atoms with Crippen LogP contribution in [0, 0.1) is 0 Å². The minimum absolute atomic E-state index is 0.200. The molecule has 0 amide bonds. The zero-order valence-corrected chi connectivity index (χ0v) is 19.9. The van der Waals surface area contributed by atoms with Crippen molar-refractivity contribution >= 4 is 38.2 Å². The highest BCUT2D eigenvalue weighted by Crippen LogP contribution is 2.20. The van der Waals surface area contributed by atoms with E-state index in [9.17, 15) is 0 Å². The second kappa shape index (κ2) is 13.9. The van der Waals surface area contributed by atoms with E-state index in [0.29, 0.717) is 5.11 Å². The fraction of sp³-hybridized carbons (Fsp3) is 0.944. The van der Waals surface area contributed by atoms with E-state index < -0.39 is 5.66 Å². The van der Waals surface area contributed by atoms with Gasteiger partial charge in [0.05, 0.1) is 5.54 Å². The number of rotatable bonds is 13. The van der Waals surface area contributed by atoms with Crippen molar-refractivity contribution in [2.75, 3.05) is 5.75 Å². The predicted molar refractivity (Wildman–Crippen MR) is 123 cm³/mol. The highest BCUT2D eigenvalue weighted by atomic mass is 32.8. The first kappa shape index (κ1) is 25.8. The second-order valence-electron chi connectivity index (χ2n) is 7.61. The average Bonchev–Trinajstić information content (AvgIpc) is 2.59. The van der Waals surface area contributed by atoms with Crippen molar-refractivity contribution in [2.45, 2.75) is 104 Å². The molecule has 0 fully saturated rings. The minimum atomic E-state index is -0.474. The van der Waals surface area contributed by atoms with Gasteiger partial charge < -0.3 is 5.32 Å². The van der Waals surface area contributed by atoms with E-state index in [0.717, 1.165) is 18.6 Å². The third-order valence-corrected chi connectivity index (χ3v) is 5.96. The number of hydrogen-bond donors (Lipinski definition) is 3. The predicted octanol–water partition coefficient (Wildman–Crippen LogP) is 5.08. The molecule has 0 aliphatic carbocycles. The molecule has 5 nitrogen and oxygen atoms in total. The Morgan fingerprint density at radius 2 is 1.50 bits per heavy atom. The molecule has 0 radical (unpaired) electrons. The lowest BCUT2D eigenvalue weighted by Gasteiger charge is -2.30. The van der Waals surface area contributed by atoms with Crippen molar-refractivity contribution < 1.29 is 0 Å². The monoisotopic (exact) mass is 421 g/mol. The van der Waals surface area contributed by atoms with Crippen molar-refractivity contribution in [1.29, 1.82) is 0 Å². The van der Waals surface area contributed by atoms with Crippen LogP contribution < -0.4 is 15.6 Å². The van der Waals surface area contributed by atoms with Gasteiger partial charge in [-0.05, 0) is 73.1 Å². The fourth-order valence-electron chi connectivity index (χ4n) is 2.25. The van der Waals surface area contributed by atoms with E-state index in [1.807, 2.05) is 20.8 Å². The summed E-state index contributed by atoms with van der Waals surface area (Å²) in [5.41, 5.74) is 2.37. The molecule has 0 heterocycles. The Morgan fingerprint density at radius 1 is 0.923 bits per heavy atom. The summed E-state index contributed by atoms with van der Waals surface area (Å²) in [6.45, 7) is 12.5. The van der Waals surface area contributed by atoms with Gasteiger partial charge in [-0.2, -0.15) is 15.1 Å². The van der Waals surface area contributed by atoms with Gasteiger partial charge in [0.1, 0.15) is 0 Å². The second-order valence-corrected chi connectivity index (χ2v) is 10.5. The van der Waals surface area contributed by atoms with Gasteiger partial charge >= 0.3 is 0 Å². The Kier molecular flexibility index (Phi) is 13.8. The summed E-state index contributed by atoms with van der Waals surface area (Å²) >= 11 is 10.9. The first-order valence-electron chi connectivity index (χ1n) is 9.84. The van der Waals surface area contributed by atoms with E-state index in [1.54, 1.807) is 0 Å². The molecule has 1 atom stereocenters. The maximum atomic E-state index is 5.48. The molecular formula is C18H39N5S3. The summed E-state index contributed by atoms with van der Waals surface area (Å²) in [6.07, 6.45) is 9.30. The number of thiocarbonyl (C=S) groups is 1. The van der Waals surface area contributed by atoms with E-state index in [2.05, 4.69) is 46.6 Å². The topological polar surface area (TPSA) is 60.8 Å². The normalized spacial score (nSPS) is 13.8. The van der Waals surface area contributed by atoms with Crippen molar-refractivity contribution in [3.05, 3.63) is 0 Å². The van der Waals surface area contributed by atoms with E-state index >= 15 is 0 Å². The standard InChI is InChI=1S/C18H39N5S3/c1-7-10-11-12-13-14-15-26(25)23-20-16(24)19-18(8-2,9-3)22-21-17(4,5)6/h23H,7-15H2,1-6H3,(H2,19,20,24). The highest BCUT2D eigenvalue weighted by molar-refractivity contribution is 8.27. The van der Waals surface area contributed by atoms with Crippen LogP contribution in [0.1, 0.15) is 92.9 Å². The molecule has 0 aliphatic rings. The molecule has 154 valence electrons. The largest absolute Gasteiger partial charge is 0.336 e. The molecule has 3 N–H and O–H groups in total. The molecule has 0 aliphatic heterocycles. The maximum Gasteiger partial charge on any atom is 0.183 e. The van der Waals surface area contributed by atoms with Gasteiger partial charge in [0.2, 0.25) is 0 Å². The van der Waals surface area contributed by atoms with Crippen molar-refractivity contribution in [3.63, 3.8) is 0 Å². The number of hydrogen-bond acceptors (Lipinski definition) is 4. The molecule has 1 unspecified atom stereocenters. The Bertz CT molecular complexity index is 443. The molecule has 8 heteroatoms. The quantitative estimate of drug-likeness (QED) is 0.168. The maximum absolute atomic E-state index is 5.48. The van der Waals surface area contributed by atoms with E-state index in [4.69, 9.17) is 23.4 Å². The number of hydrazine groups is 1. The lowest BCUT2D eigenvalue weighted by Crippen LogP contribution is -2.53. The molecule has 26 heavy (non-hydrogen) atoms. The molecule has 0 saturated carbocycles. The molecule has 0 aromatic rings. The lowest BCUT2D eigenvalue weighted by molar-refractivity contribution is 0.330. The van der Waals surface area contributed by atoms with Crippen LogP contribution in [-0.2, 0) is 20.8 Å². The zero-order valence-electron chi connectivity index (χ0n) is 17.5. The Morgan fingerprint density at radius 3 is 2.04 bits per heavy atom. The summed E-state index contributed by atoms with van der Waals surface area (Å²) in [5, 5.41) is 12.8. The summed E-state index contributed by atoms with van der Waals surface area (Å²) in [6, 6.07) is 0. The van der Waals surface area contributed by atoms with Crippen LogP contribution in [0.4, 0.5) is 0 Å². The van der Waals surface area contributed by atoms with Crippen molar-refractivity contribution in [1.82, 2.24) is 15.6 Å². The van der Waals surface area contributed by atoms with E-state index in [1.165, 1.54) is 38.5 Å². The van der Waals surface area contributed by atoms with Crippen LogP contribution in [0.2, 0.25) is 0 Å². The first-order valence-corrected chi connectivity index (χ1v) is 12.6. The zero-order chi connectivity index (χ0) is 20.1. The van der Waals surface area contributed by atoms with Gasteiger partial charge in [-0.1, -0.05) is 52.9 Å². The third kappa shape index (κ3) is 13.1. The summed E-state index contributed by atoms with van der Waals surface area (Å²) in [4.78, 5) is 3.14. The summed E-state index contributed by atoms with van der Waals surface area (Å²) in [5.74, 6) is 0.994. The van der Waals surface area contributed by atoms with Gasteiger partial charge in [0, 0.05) is 5.75 Å². The minimum Gasteiger partial charge on any atom is -0.336 e. The molecule has 0 aromatic heterocycles. The highest BCUT2D eigenvalue weighted by Gasteiger charge is 2.27. The number of azo groups is 1. The van der Waals surface area contributed by atoms with Crippen LogP contribution in [0.5, 0.6) is 0 Å². The fourth-order valence-corrected chi connectivity index (χ4v) is 3.82. The average molecular weight is 422 g/mol. The first-order chi connectivity index (χ1) is 12.2. The van der Waals surface area contributed by atoms with Crippen molar-refractivity contribution in [2.24, 2.45) is 10.2 Å². The van der Waals surface area contributed by atoms with Crippen LogP contribution >= 0.6 is 12.2 Å². The Labute approximate surface area is 173 Å². The molecular weight excluding hydrogens is 382 g/mol. The molecule has 0 aromatic carbocycles. The third-order valence-electron chi connectivity index (χ3n) is 4.02. The van der Waals surface area contributed by atoms with Crippen molar-refractivity contribution in [3.8, 4) is 0 Å². The van der Waals surface area contributed by atoms with Gasteiger partial charge in [0.15, 0.2) is 10.8 Å². The van der Waals surface area contributed by atoms with E-state index in [-0.39, 0.29) is 15.2 Å². The van der Waals surface area contributed by atoms with Crippen LogP contribution in [0.3, 0.4) is 0 Å². The Hall–Kier alpha value is -0.180. The molecule has 0 saturated heterocycles. The lowest BCUT2D eigenvalue weighted by atomic mass is 10.1. The summed E-state index contributed by atoms with van der Waals surface area (Å²) in [7, 11) is -0.307.